The molecule has 0 saturated heterocycles. The van der Waals surface area contributed by atoms with Crippen molar-refractivity contribution in [1.82, 2.24) is 5.32 Å². The third kappa shape index (κ3) is 6.17. The van der Waals surface area contributed by atoms with E-state index in [0.29, 0.717) is 5.92 Å². The topological polar surface area (TPSA) is 30.5 Å². The van der Waals surface area contributed by atoms with Crippen molar-refractivity contribution < 1.29 is 9.47 Å². The highest BCUT2D eigenvalue weighted by Crippen LogP contribution is 2.16. The number of methoxy groups -OCH3 is 1. The van der Waals surface area contributed by atoms with Crippen molar-refractivity contribution in [1.29, 1.82) is 0 Å². The van der Waals surface area contributed by atoms with Crippen molar-refractivity contribution in [3.63, 3.8) is 0 Å². The normalized spacial score (nSPS) is 10.6. The minimum absolute atomic E-state index is 0.706. The molecule has 0 bridgehead atoms. The summed E-state index contributed by atoms with van der Waals surface area (Å²) in [6.45, 7) is 7.25. The molecule has 1 N–H and O–H groups in total. The molecule has 0 aliphatic heterocycles. The van der Waals surface area contributed by atoms with E-state index < -0.39 is 0 Å². The molecule has 0 amide bonds. The van der Waals surface area contributed by atoms with Crippen LogP contribution >= 0.6 is 0 Å². The number of benzene rings is 1. The largest absolute Gasteiger partial charge is 0.497 e. The number of rotatable bonds is 8. The van der Waals surface area contributed by atoms with Crippen LogP contribution in [0, 0.1) is 5.92 Å². The van der Waals surface area contributed by atoms with Gasteiger partial charge in [0.2, 0.25) is 0 Å². The molecule has 0 fully saturated rings. The lowest BCUT2D eigenvalue weighted by Crippen LogP contribution is -2.22. The molecular weight excluding hydrogens is 214 g/mol. The first-order valence-electron chi connectivity index (χ1n) is 6.20. The van der Waals surface area contributed by atoms with Crippen molar-refractivity contribution in [3.05, 3.63) is 24.3 Å². The molecular formula is C14H23NO2. The van der Waals surface area contributed by atoms with Crippen molar-refractivity contribution in [2.45, 2.75) is 20.3 Å². The molecule has 0 spiro atoms. The minimum atomic E-state index is 0.706. The SMILES string of the molecule is COc1ccc(OCCCNCC(C)C)cc1. The maximum atomic E-state index is 5.62. The van der Waals surface area contributed by atoms with E-state index in [2.05, 4.69) is 19.2 Å². The van der Waals surface area contributed by atoms with Crippen molar-refractivity contribution in [2.75, 3.05) is 26.8 Å². The van der Waals surface area contributed by atoms with Crippen LogP contribution in [0.5, 0.6) is 11.5 Å². The van der Waals surface area contributed by atoms with Gasteiger partial charge in [-0.1, -0.05) is 13.8 Å². The van der Waals surface area contributed by atoms with Crippen molar-refractivity contribution in [2.24, 2.45) is 5.92 Å². The van der Waals surface area contributed by atoms with Gasteiger partial charge in [-0.25, -0.2) is 0 Å². The number of hydrogen-bond acceptors (Lipinski definition) is 3. The van der Waals surface area contributed by atoms with Gasteiger partial charge in [0.1, 0.15) is 11.5 Å². The van der Waals surface area contributed by atoms with E-state index in [1.807, 2.05) is 24.3 Å². The van der Waals surface area contributed by atoms with E-state index >= 15 is 0 Å². The van der Waals surface area contributed by atoms with Crippen LogP contribution in [0.3, 0.4) is 0 Å². The van der Waals surface area contributed by atoms with Crippen LogP contribution in [-0.2, 0) is 0 Å². The fourth-order valence-corrected chi connectivity index (χ4v) is 1.45. The lowest BCUT2D eigenvalue weighted by Gasteiger charge is -2.09. The van der Waals surface area contributed by atoms with E-state index in [1.54, 1.807) is 7.11 Å². The minimum Gasteiger partial charge on any atom is -0.497 e. The summed E-state index contributed by atoms with van der Waals surface area (Å²) >= 11 is 0. The Morgan fingerprint density at radius 3 is 2.35 bits per heavy atom. The van der Waals surface area contributed by atoms with Crippen LogP contribution in [0.15, 0.2) is 24.3 Å². The number of nitrogens with one attached hydrogen (secondary N) is 1. The molecule has 3 nitrogen and oxygen atoms in total. The predicted molar refractivity (Wildman–Crippen MR) is 70.8 cm³/mol. The number of ether oxygens (including phenoxy) is 2. The lowest BCUT2D eigenvalue weighted by atomic mass is 10.2. The second kappa shape index (κ2) is 7.96. The van der Waals surface area contributed by atoms with Gasteiger partial charge in [0.25, 0.3) is 0 Å². The van der Waals surface area contributed by atoms with Crippen LogP contribution < -0.4 is 14.8 Å². The summed E-state index contributed by atoms with van der Waals surface area (Å²) < 4.78 is 10.7. The Kier molecular flexibility index (Phi) is 6.48. The van der Waals surface area contributed by atoms with E-state index in [9.17, 15) is 0 Å². The van der Waals surface area contributed by atoms with Gasteiger partial charge in [-0.05, 0) is 49.7 Å². The monoisotopic (exact) mass is 237 g/mol. The predicted octanol–water partition coefficient (Wildman–Crippen LogP) is 2.71. The van der Waals surface area contributed by atoms with E-state index in [0.717, 1.165) is 37.6 Å². The lowest BCUT2D eigenvalue weighted by molar-refractivity contribution is 0.306. The summed E-state index contributed by atoms with van der Waals surface area (Å²) in [5.74, 6) is 2.46. The molecule has 96 valence electrons. The molecule has 1 aromatic rings. The zero-order valence-electron chi connectivity index (χ0n) is 11.0. The summed E-state index contributed by atoms with van der Waals surface area (Å²) in [5, 5.41) is 3.39. The molecule has 0 radical (unpaired) electrons. The van der Waals surface area contributed by atoms with Gasteiger partial charge >= 0.3 is 0 Å². The zero-order chi connectivity index (χ0) is 12.5. The molecule has 0 aliphatic rings. The van der Waals surface area contributed by atoms with Crippen LogP contribution in [-0.4, -0.2) is 26.8 Å². The van der Waals surface area contributed by atoms with Crippen molar-refractivity contribution >= 4 is 0 Å². The molecule has 1 aromatic carbocycles. The van der Waals surface area contributed by atoms with Crippen LogP contribution in [0.4, 0.5) is 0 Å². The Balaban J connectivity index is 2.09. The van der Waals surface area contributed by atoms with Crippen molar-refractivity contribution in [3.8, 4) is 11.5 Å². The molecule has 0 heterocycles. The highest BCUT2D eigenvalue weighted by molar-refractivity contribution is 5.31. The Bertz CT molecular complexity index is 296. The molecule has 0 aromatic heterocycles. The molecule has 3 heteroatoms. The number of hydrogen-bond donors (Lipinski definition) is 1. The van der Waals surface area contributed by atoms with E-state index in [4.69, 9.17) is 9.47 Å². The highest BCUT2D eigenvalue weighted by atomic mass is 16.5. The second-order valence-corrected chi connectivity index (χ2v) is 4.48. The Labute approximate surface area is 104 Å². The highest BCUT2D eigenvalue weighted by Gasteiger charge is 1.96. The summed E-state index contributed by atoms with van der Waals surface area (Å²) in [4.78, 5) is 0. The average molecular weight is 237 g/mol. The summed E-state index contributed by atoms with van der Waals surface area (Å²) in [5.41, 5.74) is 0. The maximum Gasteiger partial charge on any atom is 0.119 e. The first-order chi connectivity index (χ1) is 8.22. The molecule has 0 aliphatic carbocycles. The van der Waals surface area contributed by atoms with Gasteiger partial charge < -0.3 is 14.8 Å². The van der Waals surface area contributed by atoms with Crippen LogP contribution in [0.1, 0.15) is 20.3 Å². The fraction of sp³-hybridized carbons (Fsp3) is 0.571. The smallest absolute Gasteiger partial charge is 0.119 e. The second-order valence-electron chi connectivity index (χ2n) is 4.48. The van der Waals surface area contributed by atoms with Gasteiger partial charge in [-0.3, -0.25) is 0 Å². The summed E-state index contributed by atoms with van der Waals surface area (Å²) in [6, 6.07) is 7.68. The summed E-state index contributed by atoms with van der Waals surface area (Å²) in [7, 11) is 1.66. The van der Waals surface area contributed by atoms with Crippen LogP contribution in [0.2, 0.25) is 0 Å². The average Bonchev–Trinajstić information content (AvgIpc) is 2.34. The van der Waals surface area contributed by atoms with Gasteiger partial charge in [0.05, 0.1) is 13.7 Å². The van der Waals surface area contributed by atoms with Gasteiger partial charge in [-0.2, -0.15) is 0 Å². The molecule has 0 atom stereocenters. The first-order valence-corrected chi connectivity index (χ1v) is 6.20. The zero-order valence-corrected chi connectivity index (χ0v) is 11.0. The van der Waals surface area contributed by atoms with E-state index in [1.165, 1.54) is 0 Å². The third-order valence-corrected chi connectivity index (χ3v) is 2.38. The Morgan fingerprint density at radius 1 is 1.12 bits per heavy atom. The maximum absolute atomic E-state index is 5.62. The fourth-order valence-electron chi connectivity index (χ4n) is 1.45. The standard InChI is InChI=1S/C14H23NO2/c1-12(2)11-15-9-4-10-17-14-7-5-13(16-3)6-8-14/h5-8,12,15H,4,9-11H2,1-3H3. The Hall–Kier alpha value is -1.22. The third-order valence-electron chi connectivity index (χ3n) is 2.38. The van der Waals surface area contributed by atoms with E-state index in [-0.39, 0.29) is 0 Å². The Morgan fingerprint density at radius 2 is 1.76 bits per heavy atom. The van der Waals surface area contributed by atoms with Crippen LogP contribution in [0.25, 0.3) is 0 Å². The molecule has 0 saturated carbocycles. The molecule has 1 rings (SSSR count). The molecule has 0 unspecified atom stereocenters. The first kappa shape index (κ1) is 13.8. The van der Waals surface area contributed by atoms with Gasteiger partial charge in [0.15, 0.2) is 0 Å². The molecule has 17 heavy (non-hydrogen) atoms. The summed E-state index contributed by atoms with van der Waals surface area (Å²) in [6.07, 6.45) is 1.03. The van der Waals surface area contributed by atoms with Gasteiger partial charge in [0, 0.05) is 0 Å². The van der Waals surface area contributed by atoms with Gasteiger partial charge in [-0.15, -0.1) is 0 Å². The quantitative estimate of drug-likeness (QED) is 0.705.